The van der Waals surface area contributed by atoms with Crippen molar-refractivity contribution in [1.29, 1.82) is 0 Å². The second-order valence-corrected chi connectivity index (χ2v) is 4.41. The summed E-state index contributed by atoms with van der Waals surface area (Å²) in [5.74, 6) is -3.31. The van der Waals surface area contributed by atoms with Gasteiger partial charge in [-0.2, -0.15) is 4.39 Å². The monoisotopic (exact) mass is 302 g/mol. The molecule has 0 saturated carbocycles. The lowest BCUT2D eigenvalue weighted by Gasteiger charge is -2.21. The smallest absolute Gasteiger partial charge is 0.308 e. The third-order valence-electron chi connectivity index (χ3n) is 2.88. The highest BCUT2D eigenvalue weighted by molar-refractivity contribution is 5.95. The van der Waals surface area contributed by atoms with E-state index in [1.165, 1.54) is 0 Å². The molecule has 1 aromatic rings. The molecule has 0 spiro atoms. The SMILES string of the molecule is CCCCN(CCO)C(=O)c1cc(F)cc([N+](=O)[O-])c1F. The van der Waals surface area contributed by atoms with Crippen LogP contribution in [0.4, 0.5) is 14.5 Å². The molecular formula is C13H16F2N2O4. The van der Waals surface area contributed by atoms with Crippen LogP contribution in [0, 0.1) is 21.7 Å². The minimum absolute atomic E-state index is 0.0530. The highest BCUT2D eigenvalue weighted by Crippen LogP contribution is 2.23. The zero-order valence-electron chi connectivity index (χ0n) is 11.5. The van der Waals surface area contributed by atoms with E-state index in [2.05, 4.69) is 0 Å². The van der Waals surface area contributed by atoms with Gasteiger partial charge < -0.3 is 10.0 Å². The first-order valence-electron chi connectivity index (χ1n) is 6.45. The molecule has 116 valence electrons. The van der Waals surface area contributed by atoms with E-state index in [0.717, 1.165) is 11.3 Å². The number of carbonyl (C=O) groups excluding carboxylic acids is 1. The summed E-state index contributed by atoms with van der Waals surface area (Å²) in [6.45, 7) is 1.74. The first-order chi connectivity index (χ1) is 9.92. The van der Waals surface area contributed by atoms with Gasteiger partial charge in [0.05, 0.1) is 23.2 Å². The summed E-state index contributed by atoms with van der Waals surface area (Å²) < 4.78 is 27.3. The molecule has 1 amide bonds. The van der Waals surface area contributed by atoms with Crippen LogP contribution in [-0.2, 0) is 0 Å². The Morgan fingerprint density at radius 2 is 2.05 bits per heavy atom. The Bertz CT molecular complexity index is 537. The summed E-state index contributed by atoms with van der Waals surface area (Å²) in [5.41, 5.74) is -1.79. The minimum Gasteiger partial charge on any atom is -0.395 e. The number of benzene rings is 1. The van der Waals surface area contributed by atoms with E-state index >= 15 is 0 Å². The molecule has 21 heavy (non-hydrogen) atoms. The van der Waals surface area contributed by atoms with Crippen molar-refractivity contribution in [1.82, 2.24) is 4.90 Å². The number of halogens is 2. The van der Waals surface area contributed by atoms with Crippen molar-refractivity contribution in [2.75, 3.05) is 19.7 Å². The number of unbranched alkanes of at least 4 members (excludes halogenated alkanes) is 1. The van der Waals surface area contributed by atoms with Gasteiger partial charge >= 0.3 is 5.69 Å². The number of hydrogen-bond donors (Lipinski definition) is 1. The zero-order chi connectivity index (χ0) is 16.0. The number of nitrogens with zero attached hydrogens (tertiary/aromatic N) is 2. The number of nitro benzene ring substituents is 1. The van der Waals surface area contributed by atoms with Gasteiger partial charge in [0.2, 0.25) is 5.82 Å². The molecule has 0 aliphatic rings. The lowest BCUT2D eigenvalue weighted by atomic mass is 10.1. The molecule has 0 aromatic heterocycles. The molecule has 0 radical (unpaired) electrons. The van der Waals surface area contributed by atoms with Crippen molar-refractivity contribution in [2.45, 2.75) is 19.8 Å². The van der Waals surface area contributed by atoms with Gasteiger partial charge in [0.25, 0.3) is 5.91 Å². The average molecular weight is 302 g/mol. The van der Waals surface area contributed by atoms with Gasteiger partial charge in [-0.05, 0) is 12.5 Å². The standard InChI is InChI=1S/C13H16F2N2O4/c1-2-3-4-16(5-6-18)13(19)10-7-9(14)8-11(12(10)15)17(20)21/h7-8,18H,2-6H2,1H3. The van der Waals surface area contributed by atoms with E-state index in [9.17, 15) is 23.7 Å². The fourth-order valence-corrected chi connectivity index (χ4v) is 1.82. The van der Waals surface area contributed by atoms with Crippen LogP contribution in [0.15, 0.2) is 12.1 Å². The second-order valence-electron chi connectivity index (χ2n) is 4.41. The normalized spacial score (nSPS) is 10.5. The van der Waals surface area contributed by atoms with Gasteiger partial charge in [-0.3, -0.25) is 14.9 Å². The number of hydrogen-bond acceptors (Lipinski definition) is 4. The molecule has 8 heteroatoms. The van der Waals surface area contributed by atoms with Crippen molar-refractivity contribution in [3.63, 3.8) is 0 Å². The number of rotatable bonds is 7. The maximum Gasteiger partial charge on any atom is 0.308 e. The van der Waals surface area contributed by atoms with Crippen LogP contribution in [0.3, 0.4) is 0 Å². The van der Waals surface area contributed by atoms with Crippen molar-refractivity contribution in [3.05, 3.63) is 39.4 Å². The van der Waals surface area contributed by atoms with Gasteiger partial charge in [-0.1, -0.05) is 13.3 Å². The predicted molar refractivity (Wildman–Crippen MR) is 70.9 cm³/mol. The van der Waals surface area contributed by atoms with Crippen LogP contribution in [-0.4, -0.2) is 40.5 Å². The molecule has 1 rings (SSSR count). The molecule has 0 unspecified atom stereocenters. The van der Waals surface area contributed by atoms with Gasteiger partial charge in [-0.15, -0.1) is 0 Å². The Balaban J connectivity index is 3.17. The fraction of sp³-hybridized carbons (Fsp3) is 0.462. The molecule has 1 N–H and O–H groups in total. The topological polar surface area (TPSA) is 83.7 Å². The minimum atomic E-state index is -1.37. The largest absolute Gasteiger partial charge is 0.395 e. The van der Waals surface area contributed by atoms with E-state index in [-0.39, 0.29) is 19.7 Å². The average Bonchev–Trinajstić information content (AvgIpc) is 2.44. The second kappa shape index (κ2) is 7.63. The molecule has 6 nitrogen and oxygen atoms in total. The Morgan fingerprint density at radius 3 is 2.57 bits per heavy atom. The third kappa shape index (κ3) is 4.19. The molecule has 0 aliphatic heterocycles. The lowest BCUT2D eigenvalue weighted by molar-refractivity contribution is -0.387. The van der Waals surface area contributed by atoms with E-state index < -0.39 is 33.7 Å². The molecule has 0 bridgehead atoms. The lowest BCUT2D eigenvalue weighted by Crippen LogP contribution is -2.35. The van der Waals surface area contributed by atoms with Crippen molar-refractivity contribution in [2.24, 2.45) is 0 Å². The van der Waals surface area contributed by atoms with Gasteiger partial charge in [0.1, 0.15) is 5.82 Å². The summed E-state index contributed by atoms with van der Waals surface area (Å²) in [5, 5.41) is 19.6. The van der Waals surface area contributed by atoms with Crippen LogP contribution >= 0.6 is 0 Å². The number of aliphatic hydroxyl groups is 1. The molecule has 0 heterocycles. The maximum absolute atomic E-state index is 14.0. The van der Waals surface area contributed by atoms with Crippen LogP contribution in [0.5, 0.6) is 0 Å². The summed E-state index contributed by atoms with van der Waals surface area (Å²) in [7, 11) is 0. The molecule has 0 aliphatic carbocycles. The van der Waals surface area contributed by atoms with Crippen LogP contribution in [0.1, 0.15) is 30.1 Å². The summed E-state index contributed by atoms with van der Waals surface area (Å²) in [6, 6.07) is 1.05. The number of nitro groups is 1. The van der Waals surface area contributed by atoms with Gasteiger partial charge in [-0.25, -0.2) is 4.39 Å². The van der Waals surface area contributed by atoms with E-state index in [0.29, 0.717) is 18.6 Å². The molecule has 1 aromatic carbocycles. The quantitative estimate of drug-likeness (QED) is 0.617. The Labute approximate surface area is 120 Å². The van der Waals surface area contributed by atoms with Gasteiger partial charge in [0.15, 0.2) is 0 Å². The van der Waals surface area contributed by atoms with Crippen molar-refractivity contribution < 1.29 is 23.6 Å². The zero-order valence-corrected chi connectivity index (χ0v) is 11.5. The van der Waals surface area contributed by atoms with E-state index in [1.54, 1.807) is 0 Å². The first kappa shape index (κ1) is 17.0. The number of amides is 1. The Morgan fingerprint density at radius 1 is 1.38 bits per heavy atom. The number of aliphatic hydroxyl groups excluding tert-OH is 1. The van der Waals surface area contributed by atoms with Crippen LogP contribution in [0.2, 0.25) is 0 Å². The predicted octanol–water partition coefficient (Wildman–Crippen LogP) is 2.11. The third-order valence-corrected chi connectivity index (χ3v) is 2.88. The molecular weight excluding hydrogens is 286 g/mol. The van der Waals surface area contributed by atoms with Crippen molar-refractivity contribution >= 4 is 11.6 Å². The number of carbonyl (C=O) groups is 1. The maximum atomic E-state index is 14.0. The first-order valence-corrected chi connectivity index (χ1v) is 6.45. The van der Waals surface area contributed by atoms with E-state index in [4.69, 9.17) is 5.11 Å². The highest BCUT2D eigenvalue weighted by Gasteiger charge is 2.26. The summed E-state index contributed by atoms with van der Waals surface area (Å²) >= 11 is 0. The van der Waals surface area contributed by atoms with E-state index in [1.807, 2.05) is 6.92 Å². The fourth-order valence-electron chi connectivity index (χ4n) is 1.82. The molecule has 0 atom stereocenters. The van der Waals surface area contributed by atoms with Crippen LogP contribution in [0.25, 0.3) is 0 Å². The van der Waals surface area contributed by atoms with Crippen LogP contribution < -0.4 is 0 Å². The van der Waals surface area contributed by atoms with Crippen molar-refractivity contribution in [3.8, 4) is 0 Å². The highest BCUT2D eigenvalue weighted by atomic mass is 19.1. The van der Waals surface area contributed by atoms with Gasteiger partial charge in [0, 0.05) is 13.1 Å². The Kier molecular flexibility index (Phi) is 6.16. The molecule has 0 fully saturated rings. The molecule has 0 saturated heterocycles. The Hall–Kier alpha value is -2.09. The summed E-state index contributed by atoms with van der Waals surface area (Å²) in [6.07, 6.45) is 1.38. The summed E-state index contributed by atoms with van der Waals surface area (Å²) in [4.78, 5) is 22.9.